The number of carboxylic acids is 1. The minimum Gasteiger partial charge on any atom is -0.481 e. The molecule has 1 aromatic heterocycles. The maximum atomic E-state index is 12.6. The van der Waals surface area contributed by atoms with Gasteiger partial charge in [-0.15, -0.1) is 0 Å². The van der Waals surface area contributed by atoms with E-state index in [-0.39, 0.29) is 0 Å². The standard InChI is InChI=1S/C13H12F3NO2/c1-8-2-3-9-4-5-17(11(9)6-8)7-10(12(18)19)13(14,15)16/h2-6,10H,7H2,1H3,(H,18,19). The first kappa shape index (κ1) is 13.5. The maximum Gasteiger partial charge on any atom is 0.403 e. The quantitative estimate of drug-likeness (QED) is 0.931. The summed E-state index contributed by atoms with van der Waals surface area (Å²) in [4.78, 5) is 10.7. The fourth-order valence-corrected chi connectivity index (χ4v) is 1.97. The van der Waals surface area contributed by atoms with Crippen LogP contribution in [0.4, 0.5) is 13.2 Å². The van der Waals surface area contributed by atoms with Crippen LogP contribution in [0.15, 0.2) is 30.5 Å². The van der Waals surface area contributed by atoms with Gasteiger partial charge in [0.1, 0.15) is 0 Å². The van der Waals surface area contributed by atoms with Gasteiger partial charge in [0.2, 0.25) is 0 Å². The zero-order valence-corrected chi connectivity index (χ0v) is 10.1. The third kappa shape index (κ3) is 2.72. The SMILES string of the molecule is Cc1ccc2ccn(CC(C(=O)O)C(F)(F)F)c2c1. The highest BCUT2D eigenvalue weighted by atomic mass is 19.4. The zero-order valence-electron chi connectivity index (χ0n) is 10.1. The van der Waals surface area contributed by atoms with E-state index in [1.165, 1.54) is 10.8 Å². The van der Waals surface area contributed by atoms with E-state index in [1.54, 1.807) is 18.2 Å². The van der Waals surface area contributed by atoms with E-state index in [4.69, 9.17) is 5.11 Å². The summed E-state index contributed by atoms with van der Waals surface area (Å²) in [7, 11) is 0. The Hall–Kier alpha value is -1.98. The van der Waals surface area contributed by atoms with E-state index < -0.39 is 24.6 Å². The molecule has 1 aromatic carbocycles. The van der Waals surface area contributed by atoms with Crippen LogP contribution >= 0.6 is 0 Å². The molecule has 0 amide bonds. The average Bonchev–Trinajstić information content (AvgIpc) is 2.66. The Labute approximate surface area is 107 Å². The average molecular weight is 271 g/mol. The van der Waals surface area contributed by atoms with E-state index in [0.717, 1.165) is 10.9 Å². The molecule has 0 aliphatic rings. The molecule has 0 aliphatic heterocycles. The summed E-state index contributed by atoms with van der Waals surface area (Å²) >= 11 is 0. The maximum absolute atomic E-state index is 12.6. The van der Waals surface area contributed by atoms with Gasteiger partial charge in [0.15, 0.2) is 5.92 Å². The predicted octanol–water partition coefficient (Wildman–Crippen LogP) is 3.21. The van der Waals surface area contributed by atoms with E-state index in [2.05, 4.69) is 0 Å². The number of fused-ring (bicyclic) bond motifs is 1. The molecule has 1 N–H and O–H groups in total. The van der Waals surface area contributed by atoms with Crippen LogP contribution in [0.2, 0.25) is 0 Å². The number of carbonyl (C=O) groups is 1. The van der Waals surface area contributed by atoms with E-state index >= 15 is 0 Å². The second-order valence-corrected chi connectivity index (χ2v) is 4.46. The van der Waals surface area contributed by atoms with E-state index in [1.807, 2.05) is 13.0 Å². The minimum atomic E-state index is -4.76. The Balaban J connectivity index is 2.39. The molecule has 6 heteroatoms. The third-order valence-corrected chi connectivity index (χ3v) is 3.00. The van der Waals surface area contributed by atoms with Crippen LogP contribution in [0.3, 0.4) is 0 Å². The van der Waals surface area contributed by atoms with Crippen molar-refractivity contribution in [2.75, 3.05) is 0 Å². The van der Waals surface area contributed by atoms with Crippen LogP contribution in [0, 0.1) is 12.8 Å². The van der Waals surface area contributed by atoms with E-state index in [9.17, 15) is 18.0 Å². The van der Waals surface area contributed by atoms with Crippen LogP contribution in [0.1, 0.15) is 5.56 Å². The molecule has 3 nitrogen and oxygen atoms in total. The highest BCUT2D eigenvalue weighted by Crippen LogP contribution is 2.29. The Morgan fingerprint density at radius 2 is 2.05 bits per heavy atom. The number of aromatic nitrogens is 1. The van der Waals surface area contributed by atoms with Crippen molar-refractivity contribution in [1.82, 2.24) is 4.57 Å². The molecule has 0 aliphatic carbocycles. The summed E-state index contributed by atoms with van der Waals surface area (Å²) in [6, 6.07) is 7.06. The van der Waals surface area contributed by atoms with Crippen LogP contribution in [0.25, 0.3) is 10.9 Å². The molecule has 2 aromatic rings. The number of benzene rings is 1. The topological polar surface area (TPSA) is 42.2 Å². The van der Waals surface area contributed by atoms with Crippen molar-refractivity contribution in [3.8, 4) is 0 Å². The number of hydrogen-bond donors (Lipinski definition) is 1. The lowest BCUT2D eigenvalue weighted by Crippen LogP contribution is -2.34. The van der Waals surface area contributed by atoms with Gasteiger partial charge >= 0.3 is 12.1 Å². The van der Waals surface area contributed by atoms with Crippen molar-refractivity contribution in [2.24, 2.45) is 5.92 Å². The monoisotopic (exact) mass is 271 g/mol. The molecule has 0 saturated carbocycles. The smallest absolute Gasteiger partial charge is 0.403 e. The molecule has 0 spiro atoms. The summed E-state index contributed by atoms with van der Waals surface area (Å²) in [6.45, 7) is 1.21. The fraction of sp³-hybridized carbons (Fsp3) is 0.308. The number of hydrogen-bond acceptors (Lipinski definition) is 1. The lowest BCUT2D eigenvalue weighted by molar-refractivity contribution is -0.195. The van der Waals surface area contributed by atoms with Crippen molar-refractivity contribution in [1.29, 1.82) is 0 Å². The first-order valence-electron chi connectivity index (χ1n) is 5.64. The molecule has 0 radical (unpaired) electrons. The number of alkyl halides is 3. The Bertz CT molecular complexity index is 616. The second-order valence-electron chi connectivity index (χ2n) is 4.46. The molecule has 19 heavy (non-hydrogen) atoms. The van der Waals surface area contributed by atoms with Crippen molar-refractivity contribution < 1.29 is 23.1 Å². The lowest BCUT2D eigenvalue weighted by atomic mass is 10.1. The van der Waals surface area contributed by atoms with Crippen molar-refractivity contribution in [2.45, 2.75) is 19.6 Å². The number of halogens is 3. The molecule has 0 bridgehead atoms. The van der Waals surface area contributed by atoms with Gasteiger partial charge in [-0.2, -0.15) is 13.2 Å². The fourth-order valence-electron chi connectivity index (χ4n) is 1.97. The number of aryl methyl sites for hydroxylation is 1. The highest BCUT2D eigenvalue weighted by Gasteiger charge is 2.45. The van der Waals surface area contributed by atoms with Crippen LogP contribution in [-0.4, -0.2) is 21.8 Å². The first-order valence-corrected chi connectivity index (χ1v) is 5.64. The van der Waals surface area contributed by atoms with Crippen LogP contribution in [0.5, 0.6) is 0 Å². The molecular weight excluding hydrogens is 259 g/mol. The van der Waals surface area contributed by atoms with Gasteiger partial charge in [-0.05, 0) is 30.0 Å². The number of carboxylic acid groups (broad SMARTS) is 1. The van der Waals surface area contributed by atoms with Gasteiger partial charge in [-0.1, -0.05) is 12.1 Å². The van der Waals surface area contributed by atoms with Gasteiger partial charge < -0.3 is 9.67 Å². The predicted molar refractivity (Wildman–Crippen MR) is 63.9 cm³/mol. The zero-order chi connectivity index (χ0) is 14.2. The second kappa shape index (κ2) is 4.60. The summed E-state index contributed by atoms with van der Waals surface area (Å²) in [6.07, 6.45) is -3.28. The summed E-state index contributed by atoms with van der Waals surface area (Å²) in [5.74, 6) is -4.26. The van der Waals surface area contributed by atoms with Crippen LogP contribution < -0.4 is 0 Å². The molecule has 1 heterocycles. The number of rotatable bonds is 3. The molecule has 1 unspecified atom stereocenters. The van der Waals surface area contributed by atoms with Gasteiger partial charge in [-0.3, -0.25) is 4.79 Å². The summed E-state index contributed by atoms with van der Waals surface area (Å²) in [5.41, 5.74) is 1.52. The Kier molecular flexibility index (Phi) is 3.26. The lowest BCUT2D eigenvalue weighted by Gasteiger charge is -2.17. The Morgan fingerprint density at radius 1 is 1.37 bits per heavy atom. The molecule has 102 valence electrons. The minimum absolute atomic E-state index is 0.607. The molecule has 2 rings (SSSR count). The van der Waals surface area contributed by atoms with Crippen molar-refractivity contribution in [3.05, 3.63) is 36.0 Å². The molecular formula is C13H12F3NO2. The highest BCUT2D eigenvalue weighted by molar-refractivity contribution is 5.81. The van der Waals surface area contributed by atoms with Crippen molar-refractivity contribution >= 4 is 16.9 Å². The molecule has 1 atom stereocenters. The van der Waals surface area contributed by atoms with Crippen molar-refractivity contribution in [3.63, 3.8) is 0 Å². The Morgan fingerprint density at radius 3 is 2.63 bits per heavy atom. The normalized spacial score (nSPS) is 13.7. The summed E-state index contributed by atoms with van der Waals surface area (Å²) in [5, 5.41) is 9.49. The largest absolute Gasteiger partial charge is 0.481 e. The van der Waals surface area contributed by atoms with Crippen LogP contribution in [-0.2, 0) is 11.3 Å². The van der Waals surface area contributed by atoms with Gasteiger partial charge in [0.05, 0.1) is 0 Å². The third-order valence-electron chi connectivity index (χ3n) is 3.00. The van der Waals surface area contributed by atoms with E-state index in [0.29, 0.717) is 5.52 Å². The number of nitrogens with zero attached hydrogens (tertiary/aromatic N) is 1. The van der Waals surface area contributed by atoms with Gasteiger partial charge in [-0.25, -0.2) is 0 Å². The van der Waals surface area contributed by atoms with Gasteiger partial charge in [0, 0.05) is 18.3 Å². The molecule has 0 fully saturated rings. The summed E-state index contributed by atoms with van der Waals surface area (Å²) < 4.78 is 39.3. The first-order chi connectivity index (χ1) is 8.79. The van der Waals surface area contributed by atoms with Gasteiger partial charge in [0.25, 0.3) is 0 Å². The molecule has 0 saturated heterocycles. The number of aliphatic carboxylic acids is 1.